The minimum atomic E-state index is -0.346. The number of aromatic nitrogens is 2. The summed E-state index contributed by atoms with van der Waals surface area (Å²) in [6.45, 7) is 1.83. The molecule has 0 spiro atoms. The Balaban J connectivity index is 1.65. The fourth-order valence-corrected chi connectivity index (χ4v) is 4.75. The number of thiophene rings is 1. The number of H-pyrrole nitrogens is 1. The molecule has 0 aliphatic carbocycles. The van der Waals surface area contributed by atoms with E-state index in [1.54, 1.807) is 12.1 Å². The molecule has 0 saturated heterocycles. The second-order valence-electron chi connectivity index (χ2n) is 6.06. The zero-order valence-corrected chi connectivity index (χ0v) is 16.1. The molecule has 0 amide bonds. The van der Waals surface area contributed by atoms with Crippen LogP contribution in [0.4, 0.5) is 0 Å². The van der Waals surface area contributed by atoms with Crippen LogP contribution in [0.1, 0.15) is 17.3 Å². The van der Waals surface area contributed by atoms with Crippen molar-refractivity contribution in [1.29, 1.82) is 0 Å². The van der Waals surface area contributed by atoms with Crippen LogP contribution in [0.5, 0.6) is 0 Å². The molecule has 1 atom stereocenters. The molecule has 2 aromatic carbocycles. The first-order valence-corrected chi connectivity index (χ1v) is 10.2. The van der Waals surface area contributed by atoms with E-state index in [4.69, 9.17) is 0 Å². The van der Waals surface area contributed by atoms with Crippen LogP contribution in [0.3, 0.4) is 0 Å². The Morgan fingerprint density at radius 2 is 1.74 bits per heavy atom. The van der Waals surface area contributed by atoms with Crippen LogP contribution >= 0.6 is 23.1 Å². The zero-order valence-electron chi connectivity index (χ0n) is 14.5. The molecular formula is C21H16N2O2S2. The van der Waals surface area contributed by atoms with E-state index in [0.717, 1.165) is 11.1 Å². The monoisotopic (exact) mass is 392 g/mol. The van der Waals surface area contributed by atoms with Crippen LogP contribution in [-0.2, 0) is 0 Å². The van der Waals surface area contributed by atoms with Crippen LogP contribution in [0.15, 0.2) is 76.0 Å². The first-order chi connectivity index (χ1) is 13.1. The normalized spacial score (nSPS) is 12.2. The van der Waals surface area contributed by atoms with Crippen molar-refractivity contribution in [2.24, 2.45) is 0 Å². The number of thioether (sulfide) groups is 1. The third-order valence-electron chi connectivity index (χ3n) is 4.22. The number of fused-ring (bicyclic) bond motifs is 1. The number of nitrogens with one attached hydrogen (secondary N) is 1. The highest BCUT2D eigenvalue weighted by Crippen LogP contribution is 2.32. The van der Waals surface area contributed by atoms with Gasteiger partial charge in [-0.25, -0.2) is 4.98 Å². The molecule has 0 aliphatic heterocycles. The SMILES string of the molecule is CC(Sc1nc2scc(-c3ccccc3)c2c(=O)[nH]1)C(=O)c1ccccc1. The molecule has 4 aromatic rings. The maximum Gasteiger partial charge on any atom is 0.260 e. The molecule has 0 aliphatic rings. The molecule has 4 rings (SSSR count). The number of benzene rings is 2. The van der Waals surface area contributed by atoms with Gasteiger partial charge in [-0.1, -0.05) is 72.4 Å². The largest absolute Gasteiger partial charge is 0.301 e. The Hall–Kier alpha value is -2.70. The zero-order chi connectivity index (χ0) is 18.8. The Kier molecular flexibility index (Phi) is 4.92. The molecule has 1 unspecified atom stereocenters. The fourth-order valence-electron chi connectivity index (χ4n) is 2.87. The number of hydrogen-bond donors (Lipinski definition) is 1. The minimum Gasteiger partial charge on any atom is -0.301 e. The van der Waals surface area contributed by atoms with Gasteiger partial charge in [-0.3, -0.25) is 9.59 Å². The number of carbonyl (C=O) groups excluding carboxylic acids is 1. The van der Waals surface area contributed by atoms with Crippen molar-refractivity contribution in [3.63, 3.8) is 0 Å². The second-order valence-corrected chi connectivity index (χ2v) is 8.24. The second kappa shape index (κ2) is 7.50. The number of carbonyl (C=O) groups is 1. The van der Waals surface area contributed by atoms with Crippen molar-refractivity contribution in [1.82, 2.24) is 9.97 Å². The van der Waals surface area contributed by atoms with E-state index in [1.165, 1.54) is 23.1 Å². The molecule has 134 valence electrons. The Morgan fingerprint density at radius 1 is 1.07 bits per heavy atom. The Labute approximate surface area is 164 Å². The standard InChI is InChI=1S/C21H16N2O2S2/c1-13(18(24)15-10-6-3-7-11-15)27-21-22-19(25)17-16(12-26-20(17)23-21)14-8-4-2-5-9-14/h2-13H,1H3,(H,22,23,25). The van der Waals surface area contributed by atoms with Gasteiger partial charge in [-0.05, 0) is 12.5 Å². The van der Waals surface area contributed by atoms with E-state index in [0.29, 0.717) is 20.9 Å². The molecule has 0 radical (unpaired) electrons. The fraction of sp³-hybridized carbons (Fsp3) is 0.0952. The molecule has 27 heavy (non-hydrogen) atoms. The molecular weight excluding hydrogens is 376 g/mol. The first kappa shape index (κ1) is 17.7. The van der Waals surface area contributed by atoms with Gasteiger partial charge in [0.2, 0.25) is 0 Å². The molecule has 2 heterocycles. The molecule has 2 aromatic heterocycles. The lowest BCUT2D eigenvalue weighted by molar-refractivity contribution is 0.0994. The van der Waals surface area contributed by atoms with Gasteiger partial charge in [0, 0.05) is 16.5 Å². The summed E-state index contributed by atoms with van der Waals surface area (Å²) in [5.41, 5.74) is 2.35. The highest BCUT2D eigenvalue weighted by atomic mass is 32.2. The maximum atomic E-state index is 12.7. The minimum absolute atomic E-state index is 0.0134. The van der Waals surface area contributed by atoms with Crippen LogP contribution in [-0.4, -0.2) is 21.0 Å². The van der Waals surface area contributed by atoms with Crippen molar-refractivity contribution in [2.45, 2.75) is 17.3 Å². The van der Waals surface area contributed by atoms with Gasteiger partial charge >= 0.3 is 0 Å². The third-order valence-corrected chi connectivity index (χ3v) is 6.08. The predicted octanol–water partition coefficient (Wildman–Crippen LogP) is 5.02. The highest BCUT2D eigenvalue weighted by molar-refractivity contribution is 8.00. The van der Waals surface area contributed by atoms with Crippen LogP contribution in [0.2, 0.25) is 0 Å². The van der Waals surface area contributed by atoms with Crippen LogP contribution in [0.25, 0.3) is 21.3 Å². The molecule has 1 N–H and O–H groups in total. The Bertz CT molecular complexity index is 1150. The van der Waals surface area contributed by atoms with Crippen molar-refractivity contribution < 1.29 is 4.79 Å². The van der Waals surface area contributed by atoms with Gasteiger partial charge in [0.25, 0.3) is 5.56 Å². The molecule has 0 saturated carbocycles. The van der Waals surface area contributed by atoms with Crippen molar-refractivity contribution in [2.75, 3.05) is 0 Å². The maximum absolute atomic E-state index is 12.7. The van der Waals surface area contributed by atoms with E-state index in [9.17, 15) is 9.59 Å². The van der Waals surface area contributed by atoms with Gasteiger partial charge in [0.15, 0.2) is 10.9 Å². The van der Waals surface area contributed by atoms with Crippen LogP contribution in [0, 0.1) is 0 Å². The summed E-state index contributed by atoms with van der Waals surface area (Å²) < 4.78 is 0. The van der Waals surface area contributed by atoms with E-state index < -0.39 is 0 Å². The van der Waals surface area contributed by atoms with Gasteiger partial charge in [-0.2, -0.15) is 0 Å². The number of ketones is 1. The average Bonchev–Trinajstić information content (AvgIpc) is 3.13. The smallest absolute Gasteiger partial charge is 0.260 e. The van der Waals surface area contributed by atoms with E-state index in [1.807, 2.05) is 60.8 Å². The average molecular weight is 393 g/mol. The molecule has 0 bridgehead atoms. The summed E-state index contributed by atoms with van der Waals surface area (Å²) in [4.78, 5) is 33.3. The summed E-state index contributed by atoms with van der Waals surface area (Å²) >= 11 is 2.71. The number of rotatable bonds is 5. The summed E-state index contributed by atoms with van der Waals surface area (Å²) in [5, 5.41) is 2.67. The Morgan fingerprint density at radius 3 is 2.44 bits per heavy atom. The van der Waals surface area contributed by atoms with Crippen molar-refractivity contribution >= 4 is 39.1 Å². The molecule has 4 nitrogen and oxygen atoms in total. The first-order valence-electron chi connectivity index (χ1n) is 8.46. The topological polar surface area (TPSA) is 62.8 Å². The number of nitrogens with zero attached hydrogens (tertiary/aromatic N) is 1. The van der Waals surface area contributed by atoms with Gasteiger partial charge in [-0.15, -0.1) is 11.3 Å². The lowest BCUT2D eigenvalue weighted by Crippen LogP contribution is -2.16. The third kappa shape index (κ3) is 3.59. The number of hydrogen-bond acceptors (Lipinski definition) is 5. The van der Waals surface area contributed by atoms with Gasteiger partial charge in [0.1, 0.15) is 4.83 Å². The summed E-state index contributed by atoms with van der Waals surface area (Å²) in [6.07, 6.45) is 0. The van der Waals surface area contributed by atoms with Crippen LogP contribution < -0.4 is 5.56 Å². The van der Waals surface area contributed by atoms with Crippen molar-refractivity contribution in [3.05, 3.63) is 82.0 Å². The molecule has 6 heteroatoms. The highest BCUT2D eigenvalue weighted by Gasteiger charge is 2.19. The lowest BCUT2D eigenvalue weighted by Gasteiger charge is -2.09. The van der Waals surface area contributed by atoms with E-state index in [-0.39, 0.29) is 16.6 Å². The van der Waals surface area contributed by atoms with E-state index >= 15 is 0 Å². The van der Waals surface area contributed by atoms with E-state index in [2.05, 4.69) is 9.97 Å². The summed E-state index contributed by atoms with van der Waals surface area (Å²) in [5.74, 6) is 0.0134. The van der Waals surface area contributed by atoms with Gasteiger partial charge in [0.05, 0.1) is 10.6 Å². The number of aromatic amines is 1. The van der Waals surface area contributed by atoms with Crippen molar-refractivity contribution in [3.8, 4) is 11.1 Å². The summed E-state index contributed by atoms with van der Waals surface area (Å²) in [7, 11) is 0. The number of Topliss-reactive ketones (excluding diaryl/α,β-unsaturated/α-hetero) is 1. The lowest BCUT2D eigenvalue weighted by atomic mass is 10.1. The summed E-state index contributed by atoms with van der Waals surface area (Å²) in [6, 6.07) is 18.9. The van der Waals surface area contributed by atoms with Gasteiger partial charge < -0.3 is 4.98 Å². The predicted molar refractivity (Wildman–Crippen MR) is 112 cm³/mol. The molecule has 0 fully saturated rings. The quantitative estimate of drug-likeness (QED) is 0.294.